The number of esters is 1. The molecular weight excluding hydrogens is 512 g/mol. The highest BCUT2D eigenvalue weighted by atomic mass is 16.6. The maximum absolute atomic E-state index is 11.8. The third-order valence-corrected chi connectivity index (χ3v) is 5.21. The summed E-state index contributed by atoms with van der Waals surface area (Å²) in [6.07, 6.45) is 0. The molecule has 0 atom stereocenters. The molecule has 0 radical (unpaired) electrons. The lowest BCUT2D eigenvalue weighted by molar-refractivity contribution is -0.160. The Morgan fingerprint density at radius 1 is 0.575 bits per heavy atom. The molecule has 3 aromatic rings. The molecule has 0 saturated heterocycles. The number of carbonyl (C=O) groups excluding carboxylic acids is 1. The monoisotopic (exact) mass is 552 g/mol. The number of hydrogen-bond acceptors (Lipinski definition) is 8. The number of rotatable bonds is 18. The Kier molecular flexibility index (Phi) is 13.3. The average molecular weight is 553 g/mol. The van der Waals surface area contributed by atoms with Crippen molar-refractivity contribution in [2.45, 2.75) is 39.6 Å². The van der Waals surface area contributed by atoms with Crippen LogP contribution < -0.4 is 14.2 Å². The fourth-order valence-corrected chi connectivity index (χ4v) is 3.51. The molecule has 0 spiro atoms. The van der Waals surface area contributed by atoms with Crippen molar-refractivity contribution in [2.24, 2.45) is 0 Å². The van der Waals surface area contributed by atoms with Crippen LogP contribution in [0.3, 0.4) is 0 Å². The molecule has 0 heterocycles. The Hall–Kier alpha value is -3.59. The highest BCUT2D eigenvalue weighted by Gasteiger charge is 2.16. The second-order valence-electron chi connectivity index (χ2n) is 9.90. The summed E-state index contributed by atoms with van der Waals surface area (Å²) < 4.78 is 39.7. The molecule has 40 heavy (non-hydrogen) atoms. The van der Waals surface area contributed by atoms with E-state index in [9.17, 15) is 4.79 Å². The zero-order chi connectivity index (χ0) is 28.5. The predicted molar refractivity (Wildman–Crippen MR) is 152 cm³/mol. The molecule has 0 amide bonds. The molecule has 8 nitrogen and oxygen atoms in total. The van der Waals surface area contributed by atoms with Crippen LogP contribution in [-0.2, 0) is 37.0 Å². The van der Waals surface area contributed by atoms with Crippen LogP contribution in [0.5, 0.6) is 17.2 Å². The normalized spacial score (nSPS) is 11.2. The van der Waals surface area contributed by atoms with Gasteiger partial charge in [-0.3, -0.25) is 0 Å². The van der Waals surface area contributed by atoms with E-state index in [1.165, 1.54) is 0 Å². The van der Waals surface area contributed by atoms with Gasteiger partial charge in [0.15, 0.2) is 0 Å². The lowest BCUT2D eigenvalue weighted by Gasteiger charge is -2.19. The fraction of sp³-hybridized carbons (Fsp3) is 0.406. The van der Waals surface area contributed by atoms with E-state index in [1.807, 2.05) is 81.4 Å². The van der Waals surface area contributed by atoms with Gasteiger partial charge in [-0.15, -0.1) is 0 Å². The lowest BCUT2D eigenvalue weighted by Crippen LogP contribution is -2.27. The van der Waals surface area contributed by atoms with Crippen LogP contribution in [0.15, 0.2) is 78.9 Å². The van der Waals surface area contributed by atoms with Crippen LogP contribution in [0.2, 0.25) is 0 Å². The van der Waals surface area contributed by atoms with Gasteiger partial charge in [0.1, 0.15) is 49.3 Å². The number of carbonyl (C=O) groups is 1. The molecule has 0 aliphatic heterocycles. The maximum atomic E-state index is 11.8. The molecule has 0 unspecified atom stereocenters. The Labute approximate surface area is 237 Å². The topological polar surface area (TPSA) is 81.7 Å². The van der Waals surface area contributed by atoms with Crippen molar-refractivity contribution >= 4 is 5.97 Å². The van der Waals surface area contributed by atoms with E-state index in [-0.39, 0.29) is 19.8 Å². The smallest absolute Gasteiger partial charge is 0.332 e. The minimum Gasteiger partial charge on any atom is -0.491 e. The van der Waals surface area contributed by atoms with Gasteiger partial charge >= 0.3 is 5.97 Å². The Morgan fingerprint density at radius 3 is 1.38 bits per heavy atom. The summed E-state index contributed by atoms with van der Waals surface area (Å²) in [6, 6.07) is 25.3. The third kappa shape index (κ3) is 13.5. The van der Waals surface area contributed by atoms with E-state index in [0.29, 0.717) is 56.9 Å². The van der Waals surface area contributed by atoms with E-state index in [0.717, 1.165) is 11.1 Å². The largest absolute Gasteiger partial charge is 0.491 e. The van der Waals surface area contributed by atoms with E-state index >= 15 is 0 Å². The quantitative estimate of drug-likeness (QED) is 0.149. The molecule has 3 aromatic carbocycles. The molecule has 0 saturated carbocycles. The first kappa shape index (κ1) is 30.9. The fourth-order valence-electron chi connectivity index (χ4n) is 3.51. The maximum Gasteiger partial charge on any atom is 0.332 e. The molecule has 0 aromatic heterocycles. The van der Waals surface area contributed by atoms with Crippen LogP contribution in [0.4, 0.5) is 0 Å². The van der Waals surface area contributed by atoms with Gasteiger partial charge in [0.05, 0.1) is 33.0 Å². The van der Waals surface area contributed by atoms with Crippen molar-refractivity contribution < 1.29 is 38.0 Å². The van der Waals surface area contributed by atoms with Crippen LogP contribution in [0.1, 0.15) is 31.9 Å². The molecule has 0 N–H and O–H groups in total. The first-order chi connectivity index (χ1) is 19.4. The van der Waals surface area contributed by atoms with E-state index in [1.54, 1.807) is 18.2 Å². The number of ether oxygens (including phenoxy) is 7. The van der Waals surface area contributed by atoms with Crippen molar-refractivity contribution in [3.05, 3.63) is 90.0 Å². The summed E-state index contributed by atoms with van der Waals surface area (Å²) in [4.78, 5) is 11.8. The summed E-state index contributed by atoms with van der Waals surface area (Å²) in [6.45, 7) is 8.42. The van der Waals surface area contributed by atoms with Gasteiger partial charge in [-0.1, -0.05) is 60.7 Å². The first-order valence-electron chi connectivity index (χ1n) is 13.4. The summed E-state index contributed by atoms with van der Waals surface area (Å²) in [7, 11) is 0. The molecule has 0 aliphatic carbocycles. The van der Waals surface area contributed by atoms with Crippen LogP contribution in [-0.4, -0.2) is 57.8 Å². The zero-order valence-electron chi connectivity index (χ0n) is 23.6. The predicted octanol–water partition coefficient (Wildman–Crippen LogP) is 5.61. The first-order valence-corrected chi connectivity index (χ1v) is 13.4. The minimum absolute atomic E-state index is 0.135. The molecule has 8 heteroatoms. The molecule has 3 rings (SSSR count). The Balaban J connectivity index is 1.45. The molecular formula is C32H40O8. The molecule has 0 aliphatic rings. The van der Waals surface area contributed by atoms with Gasteiger partial charge in [-0.2, -0.15) is 0 Å². The van der Waals surface area contributed by atoms with Gasteiger partial charge in [-0.25, -0.2) is 4.79 Å². The van der Waals surface area contributed by atoms with Crippen LogP contribution in [0, 0.1) is 0 Å². The van der Waals surface area contributed by atoms with Crippen LogP contribution >= 0.6 is 0 Å². The summed E-state index contributed by atoms with van der Waals surface area (Å²) >= 11 is 0. The van der Waals surface area contributed by atoms with Gasteiger partial charge in [-0.05, 0) is 31.9 Å². The van der Waals surface area contributed by atoms with Crippen molar-refractivity contribution in [3.8, 4) is 17.2 Å². The van der Waals surface area contributed by atoms with Crippen molar-refractivity contribution in [2.75, 3.05) is 46.2 Å². The minimum atomic E-state index is -0.549. The second-order valence-corrected chi connectivity index (χ2v) is 9.90. The lowest BCUT2D eigenvalue weighted by atomic mass is 10.2. The standard InChI is InChI=1S/C32H40O8/c1-32(2,3)40-31(33)25-36-16-19-39-30-21-28(37-17-14-34-23-26-10-6-4-7-11-26)20-29(22-30)38-18-15-35-24-27-12-8-5-9-13-27/h4-13,20-22H,14-19,23-25H2,1-3H3. The Bertz CT molecular complexity index is 1050. The molecule has 0 fully saturated rings. The summed E-state index contributed by atoms with van der Waals surface area (Å²) in [5.74, 6) is 1.33. The molecule has 0 bridgehead atoms. The highest BCUT2D eigenvalue weighted by molar-refractivity contribution is 5.71. The number of benzene rings is 3. The van der Waals surface area contributed by atoms with E-state index < -0.39 is 11.6 Å². The van der Waals surface area contributed by atoms with Crippen LogP contribution in [0.25, 0.3) is 0 Å². The Morgan fingerprint density at radius 2 is 0.975 bits per heavy atom. The zero-order valence-corrected chi connectivity index (χ0v) is 23.6. The summed E-state index contributed by atoms with van der Waals surface area (Å²) in [5, 5.41) is 0. The van der Waals surface area contributed by atoms with E-state index in [2.05, 4.69) is 0 Å². The van der Waals surface area contributed by atoms with Crippen molar-refractivity contribution in [1.82, 2.24) is 0 Å². The third-order valence-electron chi connectivity index (χ3n) is 5.21. The van der Waals surface area contributed by atoms with Gasteiger partial charge in [0.2, 0.25) is 0 Å². The second kappa shape index (κ2) is 17.2. The van der Waals surface area contributed by atoms with Gasteiger partial charge in [0, 0.05) is 18.2 Å². The van der Waals surface area contributed by atoms with Crippen molar-refractivity contribution in [1.29, 1.82) is 0 Å². The highest BCUT2D eigenvalue weighted by Crippen LogP contribution is 2.28. The summed E-state index contributed by atoms with van der Waals surface area (Å²) in [5.41, 5.74) is 1.67. The van der Waals surface area contributed by atoms with Crippen molar-refractivity contribution in [3.63, 3.8) is 0 Å². The SMILES string of the molecule is CC(C)(C)OC(=O)COCCOc1cc(OCCOCc2ccccc2)cc(OCCOCc2ccccc2)c1. The van der Waals surface area contributed by atoms with Gasteiger partial charge < -0.3 is 33.2 Å². The van der Waals surface area contributed by atoms with Gasteiger partial charge in [0.25, 0.3) is 0 Å². The molecule has 216 valence electrons. The number of hydrogen-bond donors (Lipinski definition) is 0. The van der Waals surface area contributed by atoms with E-state index in [4.69, 9.17) is 33.2 Å². The average Bonchev–Trinajstić information content (AvgIpc) is 2.93.